The fraction of sp³-hybridized carbons (Fsp3) is 0.0833. The maximum atomic E-state index is 12.0. The molecule has 3 aromatic rings. The Kier molecular flexibility index (Phi) is 3.07. The van der Waals surface area contributed by atoms with Crippen molar-refractivity contribution in [2.45, 2.75) is 6.54 Å². The van der Waals surface area contributed by atoms with E-state index in [9.17, 15) is 14.8 Å². The summed E-state index contributed by atoms with van der Waals surface area (Å²) >= 11 is 6.88. The molecule has 0 atom stereocenters. The molecule has 8 heteroatoms. The highest BCUT2D eigenvalue weighted by Gasteiger charge is 2.13. The van der Waals surface area contributed by atoms with Crippen molar-refractivity contribution >= 4 is 33.2 Å². The molecule has 0 aromatic carbocycles. The maximum absolute atomic E-state index is 12.0. The van der Waals surface area contributed by atoms with E-state index < -0.39 is 11.2 Å². The lowest BCUT2D eigenvalue weighted by Crippen LogP contribution is -2.38. The first-order valence-corrected chi connectivity index (χ1v) is 6.86. The van der Waals surface area contributed by atoms with E-state index in [-0.39, 0.29) is 11.3 Å². The molecule has 0 saturated heterocycles. The molecule has 3 aromatic heterocycles. The van der Waals surface area contributed by atoms with E-state index in [4.69, 9.17) is 11.6 Å². The highest BCUT2D eigenvalue weighted by atomic mass is 35.5. The van der Waals surface area contributed by atoms with E-state index in [0.717, 1.165) is 5.56 Å². The number of nitrogens with zero attached hydrogens (tertiary/aromatic N) is 3. The average Bonchev–Trinajstić information content (AvgIpc) is 2.92. The predicted octanol–water partition coefficient (Wildman–Crippen LogP) is 1.56. The van der Waals surface area contributed by atoms with Gasteiger partial charge < -0.3 is 5.21 Å². The van der Waals surface area contributed by atoms with Crippen LogP contribution in [0.15, 0.2) is 39.4 Å². The number of aromatic nitrogens is 3. The van der Waals surface area contributed by atoms with Gasteiger partial charge in [0.05, 0.1) is 12.1 Å². The van der Waals surface area contributed by atoms with Gasteiger partial charge in [-0.1, -0.05) is 22.4 Å². The van der Waals surface area contributed by atoms with Crippen LogP contribution in [0, 0.1) is 0 Å². The van der Waals surface area contributed by atoms with Crippen molar-refractivity contribution in [3.8, 4) is 0 Å². The zero-order valence-corrected chi connectivity index (χ0v) is 11.6. The van der Waals surface area contributed by atoms with E-state index in [0.29, 0.717) is 15.4 Å². The first-order chi connectivity index (χ1) is 9.58. The summed E-state index contributed by atoms with van der Waals surface area (Å²) < 4.78 is 1.77. The Bertz CT molecular complexity index is 895. The standard InChI is InChI=1S/C12H8ClN3O3S/c13-9-2-1-7(5-14-9)6-15-8-3-4-20-10(8)11(17)16(19)12(15)18/h1-5,19H,6H2. The molecule has 0 spiro atoms. The second kappa shape index (κ2) is 4.77. The van der Waals surface area contributed by atoms with Gasteiger partial charge in [-0.2, -0.15) is 0 Å². The molecule has 6 nitrogen and oxygen atoms in total. The Morgan fingerprint density at radius 2 is 2.10 bits per heavy atom. The van der Waals surface area contributed by atoms with Gasteiger partial charge in [0.2, 0.25) is 0 Å². The number of pyridine rings is 1. The summed E-state index contributed by atoms with van der Waals surface area (Å²) in [6.45, 7) is 0.192. The first kappa shape index (κ1) is 12.9. The SMILES string of the molecule is O=c1c2sccc2n(Cc2ccc(Cl)nc2)c(=O)n1O. The van der Waals surface area contributed by atoms with Gasteiger partial charge in [-0.3, -0.25) is 9.36 Å². The van der Waals surface area contributed by atoms with Crippen LogP contribution in [0.4, 0.5) is 0 Å². The Labute approximate surface area is 121 Å². The molecule has 20 heavy (non-hydrogen) atoms. The third-order valence-corrected chi connectivity index (χ3v) is 3.98. The molecule has 0 bridgehead atoms. The Morgan fingerprint density at radius 3 is 2.80 bits per heavy atom. The molecule has 3 heterocycles. The zero-order chi connectivity index (χ0) is 14.3. The third kappa shape index (κ3) is 2.00. The number of halogens is 1. The molecule has 1 N–H and O–H groups in total. The van der Waals surface area contributed by atoms with Crippen LogP contribution in [-0.4, -0.2) is 19.5 Å². The van der Waals surface area contributed by atoms with Crippen molar-refractivity contribution in [3.63, 3.8) is 0 Å². The van der Waals surface area contributed by atoms with Crippen molar-refractivity contribution in [2.24, 2.45) is 0 Å². The van der Waals surface area contributed by atoms with Gasteiger partial charge in [-0.15, -0.1) is 11.3 Å². The topological polar surface area (TPSA) is 77.1 Å². The second-order valence-electron chi connectivity index (χ2n) is 4.11. The van der Waals surface area contributed by atoms with Gasteiger partial charge in [0, 0.05) is 6.20 Å². The van der Waals surface area contributed by atoms with E-state index in [1.165, 1.54) is 15.9 Å². The third-order valence-electron chi connectivity index (χ3n) is 2.86. The summed E-state index contributed by atoms with van der Waals surface area (Å²) in [7, 11) is 0. The number of hydrogen-bond acceptors (Lipinski definition) is 5. The summed E-state index contributed by atoms with van der Waals surface area (Å²) in [5, 5.41) is 11.6. The van der Waals surface area contributed by atoms with Gasteiger partial charge in [0.15, 0.2) is 0 Å². The van der Waals surface area contributed by atoms with Crippen LogP contribution in [0.2, 0.25) is 5.15 Å². The van der Waals surface area contributed by atoms with Crippen LogP contribution in [0.1, 0.15) is 5.56 Å². The van der Waals surface area contributed by atoms with E-state index in [1.807, 2.05) is 0 Å². The summed E-state index contributed by atoms with van der Waals surface area (Å²) in [5.41, 5.74) is -0.255. The Hall–Kier alpha value is -2.12. The molecule has 0 aliphatic rings. The van der Waals surface area contributed by atoms with Gasteiger partial charge in [-0.05, 0) is 23.1 Å². The fourth-order valence-corrected chi connectivity index (χ4v) is 2.84. The second-order valence-corrected chi connectivity index (χ2v) is 5.41. The molecule has 3 rings (SSSR count). The molecular weight excluding hydrogens is 302 g/mol. The summed E-state index contributed by atoms with van der Waals surface area (Å²) in [6.07, 6.45) is 1.54. The number of rotatable bonds is 2. The predicted molar refractivity (Wildman–Crippen MR) is 75.9 cm³/mol. The van der Waals surface area contributed by atoms with E-state index in [2.05, 4.69) is 4.98 Å². The largest absolute Gasteiger partial charge is 0.421 e. The lowest BCUT2D eigenvalue weighted by molar-refractivity contribution is 0.158. The van der Waals surface area contributed by atoms with Gasteiger partial charge >= 0.3 is 11.2 Å². The summed E-state index contributed by atoms with van der Waals surface area (Å²) in [4.78, 5) is 27.7. The minimum Gasteiger partial charge on any atom is -0.421 e. The van der Waals surface area contributed by atoms with Gasteiger partial charge in [0.1, 0.15) is 9.85 Å². The van der Waals surface area contributed by atoms with Crippen molar-refractivity contribution < 1.29 is 5.21 Å². The highest BCUT2D eigenvalue weighted by molar-refractivity contribution is 7.17. The molecule has 0 saturated carbocycles. The van der Waals surface area contributed by atoms with Crippen LogP contribution in [0.5, 0.6) is 0 Å². The average molecular weight is 310 g/mol. The van der Waals surface area contributed by atoms with Crippen LogP contribution in [0.25, 0.3) is 10.2 Å². The van der Waals surface area contributed by atoms with E-state index in [1.54, 1.807) is 29.8 Å². The van der Waals surface area contributed by atoms with Crippen LogP contribution < -0.4 is 11.2 Å². The number of hydrogen-bond donors (Lipinski definition) is 1. The molecule has 102 valence electrons. The summed E-state index contributed by atoms with van der Waals surface area (Å²) in [6, 6.07) is 5.01. The molecular formula is C12H8ClN3O3S. The smallest absolute Gasteiger partial charge is 0.365 e. The molecule has 0 amide bonds. The monoisotopic (exact) mass is 309 g/mol. The minimum atomic E-state index is -0.782. The van der Waals surface area contributed by atoms with Crippen LogP contribution in [0.3, 0.4) is 0 Å². The Balaban J connectivity index is 2.21. The molecule has 0 fully saturated rings. The van der Waals surface area contributed by atoms with Crippen molar-refractivity contribution in [1.82, 2.24) is 14.3 Å². The van der Waals surface area contributed by atoms with Gasteiger partial charge in [-0.25, -0.2) is 9.78 Å². The summed E-state index contributed by atoms with van der Waals surface area (Å²) in [5.74, 6) is 0. The zero-order valence-electron chi connectivity index (χ0n) is 9.99. The quantitative estimate of drug-likeness (QED) is 0.575. The minimum absolute atomic E-state index is 0.127. The lowest BCUT2D eigenvalue weighted by atomic mass is 10.3. The highest BCUT2D eigenvalue weighted by Crippen LogP contribution is 2.16. The van der Waals surface area contributed by atoms with Crippen LogP contribution >= 0.6 is 22.9 Å². The normalized spacial score (nSPS) is 11.1. The molecule has 0 aliphatic carbocycles. The van der Waals surface area contributed by atoms with Crippen LogP contribution in [-0.2, 0) is 6.54 Å². The fourth-order valence-electron chi connectivity index (χ4n) is 1.91. The van der Waals surface area contributed by atoms with Gasteiger partial charge in [0.25, 0.3) is 0 Å². The Morgan fingerprint density at radius 1 is 1.30 bits per heavy atom. The van der Waals surface area contributed by atoms with Crippen molar-refractivity contribution in [2.75, 3.05) is 0 Å². The number of fused-ring (bicyclic) bond motifs is 1. The molecule has 0 radical (unpaired) electrons. The molecule has 0 unspecified atom stereocenters. The number of thiophene rings is 1. The van der Waals surface area contributed by atoms with Crippen molar-refractivity contribution in [1.29, 1.82) is 0 Å². The lowest BCUT2D eigenvalue weighted by Gasteiger charge is -2.08. The van der Waals surface area contributed by atoms with E-state index >= 15 is 0 Å². The first-order valence-electron chi connectivity index (χ1n) is 5.60. The maximum Gasteiger partial charge on any atom is 0.365 e. The van der Waals surface area contributed by atoms with Crippen molar-refractivity contribution in [3.05, 3.63) is 61.3 Å². The molecule has 0 aliphatic heterocycles.